The third-order valence-corrected chi connectivity index (χ3v) is 0. The van der Waals surface area contributed by atoms with Crippen LogP contribution in [0.5, 0.6) is 0 Å². The van der Waals surface area contributed by atoms with Gasteiger partial charge in [-0.1, -0.05) is 0 Å². The van der Waals surface area contributed by atoms with Crippen molar-refractivity contribution >= 4 is 10.1 Å². The normalized spacial score (nSPS) is 7.20. The van der Waals surface area contributed by atoms with Crippen LogP contribution in [0.1, 0.15) is 0 Å². The molecule has 0 aromatic rings. The molecule has 0 rings (SSSR count). The molecule has 0 aromatic heterocycles. The van der Waals surface area contributed by atoms with Gasteiger partial charge in [0, 0.05) is 4.66 Å². The molecule has 0 saturated carbocycles. The van der Waals surface area contributed by atoms with Crippen molar-refractivity contribution in [3.63, 3.8) is 0 Å². The van der Waals surface area contributed by atoms with Gasteiger partial charge in [-0.25, -0.2) is 0 Å². The van der Waals surface area contributed by atoms with E-state index >= 15 is 0 Å². The van der Waals surface area contributed by atoms with Crippen molar-refractivity contribution < 1.29 is 24.8 Å². The van der Waals surface area contributed by atoms with Crippen molar-refractivity contribution in [1.82, 2.24) is 0 Å². The van der Waals surface area contributed by atoms with Gasteiger partial charge >= 0.3 is 10.1 Å². The zero-order valence-electron chi connectivity index (χ0n) is 1.64. The van der Waals surface area contributed by atoms with E-state index in [2.05, 4.69) is 0 Å². The Morgan fingerprint density at radius 1 is 1.40 bits per heavy atom. The number of rotatable bonds is 0. The molecule has 0 aliphatic carbocycles. The largest absolute Gasteiger partial charge is 0.321 e. The first-order valence-electron chi connectivity index (χ1n) is 0.478. The third kappa shape index (κ3) is 207. The molecule has 5 heavy (non-hydrogen) atoms. The van der Waals surface area contributed by atoms with Crippen LogP contribution in [-0.4, -0.2) is 14.8 Å². The summed E-state index contributed by atoms with van der Waals surface area (Å²) in [6.07, 6.45) is 0. The molecule has 0 unspecified atom stereocenters. The van der Waals surface area contributed by atoms with E-state index in [9.17, 15) is 0 Å². The minimum atomic E-state index is -2.60. The number of hydrogen-bond donors (Lipinski definition) is 1. The quantitative estimate of drug-likeness (QED) is 0.313. The Hall–Kier alpha value is 0.339. The Labute approximate surface area is 35.9 Å². The second-order valence-corrected chi connectivity index (χ2v) is 0.603. The molecule has 0 radical (unpaired) electrons. The van der Waals surface area contributed by atoms with Crippen LogP contribution in [0.2, 0.25) is 0 Å². The zero-order valence-corrected chi connectivity index (χ0v) is 2.40. The summed E-state index contributed by atoms with van der Waals surface area (Å²) >= 11 is 0. The van der Waals surface area contributed by atoms with E-state index in [-0.39, 0.29) is 10.1 Å². The Balaban J connectivity index is 0. The Kier molecular flexibility index (Phi) is 7.82. The first-order valence-corrected chi connectivity index (χ1v) is 1.43. The monoisotopic (exact) mass is 95.0 g/mol. The molecule has 0 atom stereocenters. The molecule has 0 aromatic carbocycles. The van der Waals surface area contributed by atoms with Crippen molar-refractivity contribution in [3.05, 3.63) is 0 Å². The van der Waals surface area contributed by atoms with Crippen molar-refractivity contribution in [1.29, 1.82) is 0 Å². The van der Waals surface area contributed by atoms with Crippen LogP contribution in [0.15, 0.2) is 0 Å². The average Bonchev–Trinajstić information content (AvgIpc) is 0.811. The molecule has 1 N–H and O–H groups in total. The predicted molar refractivity (Wildman–Crippen MR) is 10.8 cm³/mol. The maximum Gasteiger partial charge on any atom is 0.282 e. The topological polar surface area (TPSA) is 66.3 Å². The van der Waals surface area contributed by atoms with E-state index in [4.69, 9.17) is 14.0 Å². The maximum absolute atomic E-state index is 8.52. The van der Waals surface area contributed by atoms with Crippen molar-refractivity contribution in [2.24, 2.45) is 0 Å². The van der Waals surface area contributed by atoms with Crippen LogP contribution >= 0.6 is 0 Å². The van der Waals surface area contributed by atoms with E-state index < -0.39 is 10.8 Å². The molecule has 0 aliphatic rings. The van der Waals surface area contributed by atoms with Crippen LogP contribution in [0.3, 0.4) is 0 Å². The summed E-state index contributed by atoms with van der Waals surface area (Å²) in [6, 6.07) is 0. The van der Waals surface area contributed by atoms with E-state index in [1.807, 2.05) is 0 Å². The molecule has 0 spiro atoms. The summed E-state index contributed by atoms with van der Waals surface area (Å²) in [5, 5.41) is 0. The van der Waals surface area contributed by atoms with Gasteiger partial charge in [0.15, 0.2) is 0 Å². The van der Waals surface area contributed by atoms with Crippen molar-refractivity contribution in [3.8, 4) is 0 Å². The first kappa shape index (κ1) is 9.02. The third-order valence-electron chi connectivity index (χ3n) is 0. The van der Waals surface area contributed by atoms with Crippen LogP contribution < -0.4 is 9.32 Å². The van der Waals surface area contributed by atoms with Crippen molar-refractivity contribution in [2.75, 3.05) is 0 Å². The summed E-state index contributed by atoms with van der Waals surface area (Å²) in [4.78, 5) is 0. The van der Waals surface area contributed by atoms with Crippen molar-refractivity contribution in [2.45, 2.75) is 0 Å². The smallest absolute Gasteiger partial charge is 0.282 e. The average molecular weight is 95.5 g/mol. The molecular weight excluding hydrogens is 92.5 g/mol. The van der Waals surface area contributed by atoms with Gasteiger partial charge in [0.1, 0.15) is 0 Å². The van der Waals surface area contributed by atoms with E-state index in [1.165, 1.54) is 0 Å². The number of halogens is 1. The second kappa shape index (κ2) is 4.34. The van der Waals surface area contributed by atoms with Crippen LogP contribution in [0, 0.1) is 10.8 Å². The second-order valence-electron chi connectivity index (χ2n) is 0.201. The van der Waals surface area contributed by atoms with Gasteiger partial charge in [0.05, 0.1) is 0 Å². The van der Waals surface area contributed by atoms with Gasteiger partial charge in [-0.05, 0) is 0 Å². The molecule has 3 nitrogen and oxygen atoms in total. The number of hydrogen-bond acceptors (Lipinski definition) is 3. The Morgan fingerprint density at radius 2 is 1.40 bits per heavy atom. The molecule has 0 amide bonds. The Morgan fingerprint density at radius 3 is 1.40 bits per heavy atom. The standard InChI is InChI=1S/Be.ClHO3.2H/c;2-1(3)4;;/h;2H;;. The molecular formula is H3BeClO3. The SMILES string of the molecule is [BeH2].[O-][Cl+2]([O-])O. The van der Waals surface area contributed by atoms with E-state index in [0.29, 0.717) is 0 Å². The summed E-state index contributed by atoms with van der Waals surface area (Å²) < 4.78 is 24.0. The molecule has 0 fully saturated rings. The van der Waals surface area contributed by atoms with Crippen LogP contribution in [0.25, 0.3) is 0 Å². The minimum Gasteiger partial charge on any atom is -0.321 e. The van der Waals surface area contributed by atoms with Gasteiger partial charge in [0.2, 0.25) is 0 Å². The van der Waals surface area contributed by atoms with Crippen LogP contribution in [0.4, 0.5) is 0 Å². The molecule has 30 valence electrons. The van der Waals surface area contributed by atoms with Gasteiger partial charge in [-0.15, -0.1) is 0 Å². The predicted octanol–water partition coefficient (Wildman–Crippen LogP) is -3.85. The fraction of sp³-hybridized carbons (Fsp3) is 0. The fourth-order valence-corrected chi connectivity index (χ4v) is 0. The summed E-state index contributed by atoms with van der Waals surface area (Å²) in [7, 11) is -2.60. The van der Waals surface area contributed by atoms with E-state index in [0.717, 1.165) is 0 Å². The van der Waals surface area contributed by atoms with Crippen LogP contribution in [-0.2, 0) is 0 Å². The first-order chi connectivity index (χ1) is 1.73. The molecule has 0 aliphatic heterocycles. The van der Waals surface area contributed by atoms with Gasteiger partial charge in [-0.2, -0.15) is 0 Å². The molecule has 0 heterocycles. The maximum atomic E-state index is 8.52. The van der Waals surface area contributed by atoms with Gasteiger partial charge in [-0.3, -0.25) is 0 Å². The van der Waals surface area contributed by atoms with E-state index in [1.54, 1.807) is 0 Å². The summed E-state index contributed by atoms with van der Waals surface area (Å²) in [6.45, 7) is 0. The van der Waals surface area contributed by atoms with Gasteiger partial charge in [0.25, 0.3) is 10.8 Å². The summed E-state index contributed by atoms with van der Waals surface area (Å²) in [5.41, 5.74) is 0. The minimum absolute atomic E-state index is 0. The van der Waals surface area contributed by atoms with Gasteiger partial charge < -0.3 is 9.32 Å². The molecule has 0 bridgehead atoms. The molecule has 0 saturated heterocycles. The Bertz CT molecular complexity index is 11.6. The fourth-order valence-electron chi connectivity index (χ4n) is 0. The summed E-state index contributed by atoms with van der Waals surface area (Å²) in [5.74, 6) is 0. The zero-order chi connectivity index (χ0) is 3.58. The molecule has 5 heteroatoms.